The predicted octanol–water partition coefficient (Wildman–Crippen LogP) is 2.79. The number of rotatable bonds is 4. The van der Waals surface area contributed by atoms with Gasteiger partial charge in [0.1, 0.15) is 5.54 Å². The summed E-state index contributed by atoms with van der Waals surface area (Å²) in [6.45, 7) is 0. The Morgan fingerprint density at radius 3 is 2.11 bits per heavy atom. The Bertz CT molecular complexity index is 485. The first kappa shape index (κ1) is 13.6. The highest BCUT2D eigenvalue weighted by Crippen LogP contribution is 2.52. The number of nitrogen functional groups attached to an aromatic ring is 1. The average molecular weight is 276 g/mol. The molecule has 1 aromatic rings. The molecule has 1 aromatic carbocycles. The van der Waals surface area contributed by atoms with Crippen LogP contribution in [0.25, 0.3) is 0 Å². The van der Waals surface area contributed by atoms with Crippen molar-refractivity contribution in [3.05, 3.63) is 12.1 Å². The molecule has 1 aliphatic carbocycles. The maximum Gasteiger partial charge on any atom is 0.411 e. The summed E-state index contributed by atoms with van der Waals surface area (Å²) in [5, 5.41) is 2.48. The van der Waals surface area contributed by atoms with Gasteiger partial charge in [-0.05, 0) is 12.8 Å². The van der Waals surface area contributed by atoms with Gasteiger partial charge in [0.15, 0.2) is 11.5 Å². The SMILES string of the molecule is COc1cc(N)c(NC2(C(F)(F)F)CC2)cc1OC. The van der Waals surface area contributed by atoms with Crippen LogP contribution in [0.2, 0.25) is 0 Å². The average Bonchev–Trinajstić information content (AvgIpc) is 3.11. The van der Waals surface area contributed by atoms with E-state index in [1.807, 2.05) is 0 Å². The lowest BCUT2D eigenvalue weighted by molar-refractivity contribution is -0.151. The molecule has 0 amide bonds. The van der Waals surface area contributed by atoms with E-state index in [2.05, 4.69) is 5.32 Å². The number of ether oxygens (including phenoxy) is 2. The lowest BCUT2D eigenvalue weighted by Crippen LogP contribution is -2.38. The highest BCUT2D eigenvalue weighted by atomic mass is 19.4. The second kappa shape index (κ2) is 4.40. The third kappa shape index (κ3) is 2.36. The summed E-state index contributed by atoms with van der Waals surface area (Å²) < 4.78 is 48.7. The first-order valence-corrected chi connectivity index (χ1v) is 5.69. The number of nitrogens with two attached hydrogens (primary N) is 1. The molecule has 0 atom stereocenters. The largest absolute Gasteiger partial charge is 0.493 e. The standard InChI is InChI=1S/C12H15F3N2O2/c1-18-9-5-7(16)8(6-10(9)19-2)17-11(3-4-11)12(13,14)15/h5-6,17H,3-4,16H2,1-2H3. The second-order valence-corrected chi connectivity index (χ2v) is 4.50. The summed E-state index contributed by atoms with van der Waals surface area (Å²) in [5.74, 6) is 0.708. The second-order valence-electron chi connectivity index (χ2n) is 4.50. The molecule has 0 bridgehead atoms. The Balaban J connectivity index is 2.31. The third-order valence-electron chi connectivity index (χ3n) is 3.22. The van der Waals surface area contributed by atoms with Gasteiger partial charge >= 0.3 is 6.18 Å². The van der Waals surface area contributed by atoms with Crippen LogP contribution < -0.4 is 20.5 Å². The molecule has 0 spiro atoms. The number of nitrogens with one attached hydrogen (secondary N) is 1. The Hall–Kier alpha value is -1.79. The maximum absolute atomic E-state index is 12.9. The van der Waals surface area contributed by atoms with Crippen LogP contribution in [-0.4, -0.2) is 25.9 Å². The van der Waals surface area contributed by atoms with Crippen LogP contribution in [0, 0.1) is 0 Å². The molecule has 0 aromatic heterocycles. The van der Waals surface area contributed by atoms with Crippen molar-refractivity contribution in [2.45, 2.75) is 24.6 Å². The van der Waals surface area contributed by atoms with Gasteiger partial charge in [-0.2, -0.15) is 13.2 Å². The minimum Gasteiger partial charge on any atom is -0.493 e. The van der Waals surface area contributed by atoms with Crippen molar-refractivity contribution in [3.63, 3.8) is 0 Å². The zero-order valence-electron chi connectivity index (χ0n) is 10.6. The molecule has 3 N–H and O–H groups in total. The normalized spacial score (nSPS) is 16.9. The van der Waals surface area contributed by atoms with E-state index in [-0.39, 0.29) is 24.2 Å². The number of hydrogen-bond donors (Lipinski definition) is 2. The van der Waals surface area contributed by atoms with Crippen LogP contribution in [0.4, 0.5) is 24.5 Å². The van der Waals surface area contributed by atoms with Gasteiger partial charge in [-0.1, -0.05) is 0 Å². The molecule has 0 aliphatic heterocycles. The van der Waals surface area contributed by atoms with E-state index in [0.717, 1.165) is 0 Å². The zero-order chi connectivity index (χ0) is 14.3. The number of hydrogen-bond acceptors (Lipinski definition) is 4. The van der Waals surface area contributed by atoms with E-state index in [0.29, 0.717) is 11.5 Å². The van der Waals surface area contributed by atoms with Gasteiger partial charge < -0.3 is 20.5 Å². The smallest absolute Gasteiger partial charge is 0.411 e. The molecule has 1 aliphatic rings. The van der Waals surface area contributed by atoms with Crippen molar-refractivity contribution in [3.8, 4) is 11.5 Å². The number of methoxy groups -OCH3 is 2. The number of benzene rings is 1. The van der Waals surface area contributed by atoms with Gasteiger partial charge in [-0.15, -0.1) is 0 Å². The molecule has 0 saturated heterocycles. The fourth-order valence-electron chi connectivity index (χ4n) is 1.87. The van der Waals surface area contributed by atoms with Crippen molar-refractivity contribution in [2.75, 3.05) is 25.3 Å². The molecule has 0 radical (unpaired) electrons. The Morgan fingerprint density at radius 2 is 1.68 bits per heavy atom. The van der Waals surface area contributed by atoms with Crippen LogP contribution >= 0.6 is 0 Å². The molecule has 106 valence electrons. The molecule has 4 nitrogen and oxygen atoms in total. The monoisotopic (exact) mass is 276 g/mol. The molecular formula is C12H15F3N2O2. The Kier molecular flexibility index (Phi) is 3.15. The number of anilines is 2. The van der Waals surface area contributed by atoms with Gasteiger partial charge in [0.25, 0.3) is 0 Å². The van der Waals surface area contributed by atoms with Gasteiger partial charge in [-0.25, -0.2) is 0 Å². The summed E-state index contributed by atoms with van der Waals surface area (Å²) in [7, 11) is 2.84. The van der Waals surface area contributed by atoms with E-state index < -0.39 is 11.7 Å². The lowest BCUT2D eigenvalue weighted by atomic mass is 10.2. The minimum atomic E-state index is -4.30. The van der Waals surface area contributed by atoms with Gasteiger partial charge in [0, 0.05) is 12.1 Å². The van der Waals surface area contributed by atoms with Gasteiger partial charge in [-0.3, -0.25) is 0 Å². The zero-order valence-corrected chi connectivity index (χ0v) is 10.6. The lowest BCUT2D eigenvalue weighted by Gasteiger charge is -2.23. The fourth-order valence-corrected chi connectivity index (χ4v) is 1.87. The van der Waals surface area contributed by atoms with Crippen LogP contribution in [0.3, 0.4) is 0 Å². The number of halogens is 3. The fraction of sp³-hybridized carbons (Fsp3) is 0.500. The quantitative estimate of drug-likeness (QED) is 0.830. The molecule has 0 heterocycles. The van der Waals surface area contributed by atoms with Crippen molar-refractivity contribution >= 4 is 11.4 Å². The van der Waals surface area contributed by atoms with Crippen LogP contribution in [-0.2, 0) is 0 Å². The van der Waals surface area contributed by atoms with E-state index in [1.165, 1.54) is 26.4 Å². The van der Waals surface area contributed by atoms with Crippen LogP contribution in [0.15, 0.2) is 12.1 Å². The van der Waals surface area contributed by atoms with Crippen molar-refractivity contribution in [2.24, 2.45) is 0 Å². The summed E-state index contributed by atoms with van der Waals surface area (Å²) in [6, 6.07) is 2.85. The first-order chi connectivity index (χ1) is 8.83. The summed E-state index contributed by atoms with van der Waals surface area (Å²) in [4.78, 5) is 0. The first-order valence-electron chi connectivity index (χ1n) is 5.69. The van der Waals surface area contributed by atoms with E-state index in [4.69, 9.17) is 15.2 Å². The highest BCUT2D eigenvalue weighted by Gasteiger charge is 2.63. The molecular weight excluding hydrogens is 261 g/mol. The predicted molar refractivity (Wildman–Crippen MR) is 65.6 cm³/mol. The van der Waals surface area contributed by atoms with Crippen molar-refractivity contribution < 1.29 is 22.6 Å². The molecule has 2 rings (SSSR count). The minimum absolute atomic E-state index is 0.0459. The summed E-state index contributed by atoms with van der Waals surface area (Å²) >= 11 is 0. The Labute approximate surface area is 108 Å². The molecule has 19 heavy (non-hydrogen) atoms. The van der Waals surface area contributed by atoms with Gasteiger partial charge in [0.05, 0.1) is 25.6 Å². The van der Waals surface area contributed by atoms with Crippen molar-refractivity contribution in [1.29, 1.82) is 0 Å². The molecule has 1 fully saturated rings. The summed E-state index contributed by atoms with van der Waals surface area (Å²) in [6.07, 6.45) is -4.21. The van der Waals surface area contributed by atoms with Crippen molar-refractivity contribution in [1.82, 2.24) is 0 Å². The highest BCUT2D eigenvalue weighted by molar-refractivity contribution is 5.73. The molecule has 7 heteroatoms. The van der Waals surface area contributed by atoms with E-state index in [1.54, 1.807) is 0 Å². The van der Waals surface area contributed by atoms with E-state index >= 15 is 0 Å². The third-order valence-corrected chi connectivity index (χ3v) is 3.22. The topological polar surface area (TPSA) is 56.5 Å². The Morgan fingerprint density at radius 1 is 1.16 bits per heavy atom. The number of alkyl halides is 3. The molecule has 1 saturated carbocycles. The molecule has 0 unspecified atom stereocenters. The van der Waals surface area contributed by atoms with Gasteiger partial charge in [0.2, 0.25) is 0 Å². The van der Waals surface area contributed by atoms with Crippen LogP contribution in [0.1, 0.15) is 12.8 Å². The maximum atomic E-state index is 12.9. The van der Waals surface area contributed by atoms with Crippen LogP contribution in [0.5, 0.6) is 11.5 Å². The summed E-state index contributed by atoms with van der Waals surface area (Å²) in [5.41, 5.74) is 4.26. The van der Waals surface area contributed by atoms with E-state index in [9.17, 15) is 13.2 Å².